The largest absolute Gasteiger partial charge is 0.446 e. The van der Waals surface area contributed by atoms with Gasteiger partial charge in [0.15, 0.2) is 0 Å². The van der Waals surface area contributed by atoms with E-state index in [0.717, 1.165) is 29.4 Å². The van der Waals surface area contributed by atoms with Crippen LogP contribution in [0, 0.1) is 0 Å². The number of benzene rings is 1. The summed E-state index contributed by atoms with van der Waals surface area (Å²) in [5, 5.41) is 2.70. The molecule has 1 aromatic heterocycles. The molecule has 2 atom stereocenters. The number of thioether (sulfide) groups is 1. The molecule has 2 aliphatic rings. The SMILES string of the molecule is CC(c1ccnc(N2CCOCC2)c1)C1NC(=O)N(c2ccc(SC(F)(F)F)cc2)C1=O. The molecule has 0 spiro atoms. The molecule has 1 aromatic carbocycles. The molecule has 170 valence electrons. The molecule has 3 heterocycles. The second kappa shape index (κ2) is 8.99. The van der Waals surface area contributed by atoms with Gasteiger partial charge in [-0.1, -0.05) is 6.92 Å². The molecule has 0 aliphatic carbocycles. The smallest absolute Gasteiger partial charge is 0.378 e. The van der Waals surface area contributed by atoms with E-state index in [0.29, 0.717) is 13.2 Å². The van der Waals surface area contributed by atoms with Gasteiger partial charge in [0.25, 0.3) is 5.91 Å². The van der Waals surface area contributed by atoms with Crippen LogP contribution in [0.15, 0.2) is 47.5 Å². The summed E-state index contributed by atoms with van der Waals surface area (Å²) in [6, 6.07) is 7.45. The number of hydrogen-bond donors (Lipinski definition) is 1. The lowest BCUT2D eigenvalue weighted by Crippen LogP contribution is -2.37. The Morgan fingerprint density at radius 1 is 1.16 bits per heavy atom. The topological polar surface area (TPSA) is 74.8 Å². The van der Waals surface area contributed by atoms with Crippen LogP contribution in [-0.4, -0.2) is 54.8 Å². The van der Waals surface area contributed by atoms with Crippen LogP contribution >= 0.6 is 11.8 Å². The Balaban J connectivity index is 1.50. The van der Waals surface area contributed by atoms with Crippen LogP contribution in [-0.2, 0) is 9.53 Å². The summed E-state index contributed by atoms with van der Waals surface area (Å²) in [6.07, 6.45) is 1.67. The fourth-order valence-corrected chi connectivity index (χ4v) is 4.29. The number of anilines is 2. The van der Waals surface area contributed by atoms with Gasteiger partial charge in [-0.3, -0.25) is 4.79 Å². The highest BCUT2D eigenvalue weighted by molar-refractivity contribution is 8.00. The number of nitrogens with one attached hydrogen (secondary N) is 1. The number of halogens is 3. The highest BCUT2D eigenvalue weighted by Gasteiger charge is 2.42. The van der Waals surface area contributed by atoms with Gasteiger partial charge in [0, 0.05) is 30.1 Å². The molecule has 11 heteroatoms. The maximum atomic E-state index is 13.0. The third-order valence-electron chi connectivity index (χ3n) is 5.43. The van der Waals surface area contributed by atoms with Crippen molar-refractivity contribution in [2.75, 3.05) is 36.1 Å². The minimum Gasteiger partial charge on any atom is -0.378 e. The van der Waals surface area contributed by atoms with Crippen LogP contribution in [0.2, 0.25) is 0 Å². The van der Waals surface area contributed by atoms with Crippen LogP contribution in [0.3, 0.4) is 0 Å². The number of imide groups is 1. The Hall–Kier alpha value is -2.79. The van der Waals surface area contributed by atoms with Crippen LogP contribution in [0.4, 0.5) is 29.5 Å². The summed E-state index contributed by atoms with van der Waals surface area (Å²) in [4.78, 5) is 33.0. The van der Waals surface area contributed by atoms with Crippen molar-refractivity contribution in [3.8, 4) is 0 Å². The summed E-state index contributed by atoms with van der Waals surface area (Å²) in [5.41, 5.74) is -3.34. The van der Waals surface area contributed by atoms with E-state index in [1.165, 1.54) is 24.3 Å². The van der Waals surface area contributed by atoms with Gasteiger partial charge in [-0.05, 0) is 53.7 Å². The molecule has 32 heavy (non-hydrogen) atoms. The Labute approximate surface area is 186 Å². The van der Waals surface area contributed by atoms with Gasteiger partial charge in [-0.25, -0.2) is 14.7 Å². The third kappa shape index (κ3) is 4.83. The fourth-order valence-electron chi connectivity index (χ4n) is 3.75. The van der Waals surface area contributed by atoms with Gasteiger partial charge >= 0.3 is 11.5 Å². The zero-order chi connectivity index (χ0) is 22.9. The predicted octanol–water partition coefficient (Wildman–Crippen LogP) is 3.76. The highest BCUT2D eigenvalue weighted by atomic mass is 32.2. The van der Waals surface area contributed by atoms with Crippen molar-refractivity contribution in [2.24, 2.45) is 0 Å². The number of nitrogens with zero attached hydrogens (tertiary/aromatic N) is 3. The molecule has 2 unspecified atom stereocenters. The van der Waals surface area contributed by atoms with Gasteiger partial charge < -0.3 is 15.0 Å². The van der Waals surface area contributed by atoms with Crippen molar-refractivity contribution in [3.05, 3.63) is 48.2 Å². The standard InChI is InChI=1S/C21H21F3N4O3S/c1-13(14-6-7-25-17(12-14)27-8-10-31-11-9-27)18-19(29)28(20(30)26-18)15-2-4-16(5-3-15)32-21(22,23)24/h2-7,12-13,18H,8-11H2,1H3,(H,26,30). The number of ether oxygens (including phenoxy) is 1. The molecule has 1 N–H and O–H groups in total. The van der Waals surface area contributed by atoms with Crippen molar-refractivity contribution < 1.29 is 27.5 Å². The second-order valence-corrected chi connectivity index (χ2v) is 8.62. The number of hydrogen-bond acceptors (Lipinski definition) is 6. The molecule has 4 rings (SSSR count). The van der Waals surface area contributed by atoms with Crippen LogP contribution < -0.4 is 15.1 Å². The van der Waals surface area contributed by atoms with E-state index in [9.17, 15) is 22.8 Å². The Kier molecular flexibility index (Phi) is 6.29. The summed E-state index contributed by atoms with van der Waals surface area (Å²) in [5.74, 6) is -0.00760. The predicted molar refractivity (Wildman–Crippen MR) is 114 cm³/mol. The first-order valence-corrected chi connectivity index (χ1v) is 10.8. The molecular weight excluding hydrogens is 445 g/mol. The number of aromatic nitrogens is 1. The Morgan fingerprint density at radius 3 is 2.50 bits per heavy atom. The van der Waals surface area contributed by atoms with Crippen LogP contribution in [0.25, 0.3) is 0 Å². The molecular formula is C21H21F3N4O3S. The maximum absolute atomic E-state index is 13.0. The fraction of sp³-hybridized carbons (Fsp3) is 0.381. The third-order valence-corrected chi connectivity index (χ3v) is 6.17. The normalized spacial score (nSPS) is 20.4. The molecule has 2 saturated heterocycles. The first-order valence-electron chi connectivity index (χ1n) is 10.0. The van der Waals surface area contributed by atoms with Crippen molar-refractivity contribution in [1.82, 2.24) is 10.3 Å². The molecule has 2 fully saturated rings. The number of rotatable bonds is 5. The minimum atomic E-state index is -4.41. The number of alkyl halides is 3. The van der Waals surface area contributed by atoms with E-state index in [-0.39, 0.29) is 28.3 Å². The first-order chi connectivity index (χ1) is 15.2. The molecule has 3 amide bonds. The molecule has 2 aromatic rings. The van der Waals surface area contributed by atoms with Crippen molar-refractivity contribution in [2.45, 2.75) is 29.3 Å². The molecule has 7 nitrogen and oxygen atoms in total. The van der Waals surface area contributed by atoms with Gasteiger partial charge in [0.2, 0.25) is 0 Å². The second-order valence-electron chi connectivity index (χ2n) is 7.48. The van der Waals surface area contributed by atoms with E-state index in [2.05, 4.69) is 15.2 Å². The zero-order valence-electron chi connectivity index (χ0n) is 17.1. The van der Waals surface area contributed by atoms with E-state index in [1.807, 2.05) is 13.0 Å². The number of pyridine rings is 1. The summed E-state index contributed by atoms with van der Waals surface area (Å²) in [6.45, 7) is 4.52. The number of morpholine rings is 1. The lowest BCUT2D eigenvalue weighted by Gasteiger charge is -2.28. The van der Waals surface area contributed by atoms with Crippen LogP contribution in [0.5, 0.6) is 0 Å². The Bertz CT molecular complexity index is 997. The van der Waals surface area contributed by atoms with Gasteiger partial charge in [0.1, 0.15) is 11.9 Å². The summed E-state index contributed by atoms with van der Waals surface area (Å²) < 4.78 is 43.0. The van der Waals surface area contributed by atoms with Crippen molar-refractivity contribution in [1.29, 1.82) is 0 Å². The van der Waals surface area contributed by atoms with E-state index < -0.39 is 23.5 Å². The van der Waals surface area contributed by atoms with Crippen molar-refractivity contribution >= 4 is 35.2 Å². The summed E-state index contributed by atoms with van der Waals surface area (Å²) in [7, 11) is 0. The van der Waals surface area contributed by atoms with Crippen LogP contribution in [0.1, 0.15) is 18.4 Å². The number of carbonyl (C=O) groups excluding carboxylic acids is 2. The molecule has 0 radical (unpaired) electrons. The number of amides is 3. The number of carbonyl (C=O) groups is 2. The monoisotopic (exact) mass is 466 g/mol. The molecule has 0 bridgehead atoms. The zero-order valence-corrected chi connectivity index (χ0v) is 17.9. The van der Waals surface area contributed by atoms with Crippen molar-refractivity contribution in [3.63, 3.8) is 0 Å². The lowest BCUT2D eigenvalue weighted by molar-refractivity contribution is -0.118. The van der Waals surface area contributed by atoms with E-state index in [1.54, 1.807) is 12.3 Å². The first kappa shape index (κ1) is 22.4. The van der Waals surface area contributed by atoms with Gasteiger partial charge in [-0.15, -0.1) is 0 Å². The average molecular weight is 466 g/mol. The maximum Gasteiger partial charge on any atom is 0.446 e. The highest BCUT2D eigenvalue weighted by Crippen LogP contribution is 2.38. The number of urea groups is 1. The lowest BCUT2D eigenvalue weighted by atomic mass is 9.93. The summed E-state index contributed by atoms with van der Waals surface area (Å²) >= 11 is -0.252. The Morgan fingerprint density at radius 2 is 1.84 bits per heavy atom. The van der Waals surface area contributed by atoms with E-state index >= 15 is 0 Å². The molecule has 0 saturated carbocycles. The van der Waals surface area contributed by atoms with Gasteiger partial charge in [-0.2, -0.15) is 13.2 Å². The average Bonchev–Trinajstić information content (AvgIpc) is 3.07. The molecule has 2 aliphatic heterocycles. The van der Waals surface area contributed by atoms with Gasteiger partial charge in [0.05, 0.1) is 18.9 Å². The van der Waals surface area contributed by atoms with E-state index in [4.69, 9.17) is 4.74 Å². The quantitative estimate of drug-likeness (QED) is 0.534. The minimum absolute atomic E-state index is 0.0225.